The summed E-state index contributed by atoms with van der Waals surface area (Å²) in [6.07, 6.45) is 0. The van der Waals surface area contributed by atoms with Gasteiger partial charge in [-0.1, -0.05) is 17.7 Å². The highest BCUT2D eigenvalue weighted by molar-refractivity contribution is 6.30. The number of hydrogen-bond acceptors (Lipinski definition) is 3. The van der Waals surface area contributed by atoms with E-state index in [2.05, 4.69) is 24.1 Å². The predicted octanol–water partition coefficient (Wildman–Crippen LogP) is 2.28. The molecule has 1 unspecified atom stereocenters. The Morgan fingerprint density at radius 1 is 1.28 bits per heavy atom. The third kappa shape index (κ3) is 3.37. The fourth-order valence-electron chi connectivity index (χ4n) is 2.34. The minimum atomic E-state index is -0.740. The Morgan fingerprint density at radius 3 is 2.67 bits per heavy atom. The van der Waals surface area contributed by atoms with Gasteiger partial charge in [0.2, 0.25) is 0 Å². The minimum absolute atomic E-state index is 0.0389. The molecule has 1 atom stereocenters. The van der Waals surface area contributed by atoms with Crippen molar-refractivity contribution in [3.8, 4) is 0 Å². The van der Waals surface area contributed by atoms with Crippen molar-refractivity contribution in [1.82, 2.24) is 5.32 Å². The van der Waals surface area contributed by atoms with E-state index in [0.717, 1.165) is 17.3 Å². The van der Waals surface area contributed by atoms with Crippen molar-refractivity contribution in [2.45, 2.75) is 31.9 Å². The van der Waals surface area contributed by atoms with Crippen LogP contribution in [0.4, 0.5) is 5.69 Å². The quantitative estimate of drug-likeness (QED) is 0.820. The van der Waals surface area contributed by atoms with Crippen molar-refractivity contribution in [3.63, 3.8) is 0 Å². The van der Waals surface area contributed by atoms with Crippen LogP contribution in [0, 0.1) is 0 Å². The fourth-order valence-corrected chi connectivity index (χ4v) is 2.53. The van der Waals surface area contributed by atoms with Gasteiger partial charge in [-0.15, -0.1) is 0 Å². The summed E-state index contributed by atoms with van der Waals surface area (Å²) in [4.78, 5) is 2.19. The van der Waals surface area contributed by atoms with Gasteiger partial charge in [0.25, 0.3) is 0 Å². The van der Waals surface area contributed by atoms with Crippen LogP contribution in [0.2, 0.25) is 5.02 Å². The molecule has 0 radical (unpaired) electrons. The van der Waals surface area contributed by atoms with Crippen LogP contribution in [-0.4, -0.2) is 35.9 Å². The molecule has 1 heterocycles. The summed E-state index contributed by atoms with van der Waals surface area (Å²) < 4.78 is 0. The van der Waals surface area contributed by atoms with Crippen LogP contribution < -0.4 is 10.2 Å². The molecule has 18 heavy (non-hydrogen) atoms. The monoisotopic (exact) mass is 268 g/mol. The number of anilines is 1. The number of halogens is 1. The van der Waals surface area contributed by atoms with Gasteiger partial charge in [-0.25, -0.2) is 0 Å². The van der Waals surface area contributed by atoms with E-state index in [0.29, 0.717) is 13.1 Å². The van der Waals surface area contributed by atoms with Gasteiger partial charge in [0.1, 0.15) is 0 Å². The van der Waals surface area contributed by atoms with E-state index in [9.17, 15) is 5.11 Å². The molecule has 1 aliphatic heterocycles. The molecule has 1 saturated heterocycles. The Balaban J connectivity index is 2.29. The van der Waals surface area contributed by atoms with Crippen molar-refractivity contribution in [2.75, 3.05) is 24.5 Å². The molecule has 2 N–H and O–H groups in total. The van der Waals surface area contributed by atoms with E-state index in [1.54, 1.807) is 0 Å². The third-order valence-corrected chi connectivity index (χ3v) is 3.47. The minimum Gasteiger partial charge on any atom is -0.387 e. The van der Waals surface area contributed by atoms with Gasteiger partial charge in [-0.05, 0) is 39.0 Å². The SMILES string of the molecule is CC1(O)CNC(C)(C)CN(c2cccc(Cl)c2)C1. The molecule has 1 aliphatic rings. The van der Waals surface area contributed by atoms with Crippen LogP contribution in [0.1, 0.15) is 20.8 Å². The first-order valence-corrected chi connectivity index (χ1v) is 6.63. The first-order valence-electron chi connectivity index (χ1n) is 6.25. The van der Waals surface area contributed by atoms with Crippen molar-refractivity contribution < 1.29 is 5.11 Å². The summed E-state index contributed by atoms with van der Waals surface area (Å²) in [5.41, 5.74) is 0.276. The highest BCUT2D eigenvalue weighted by atomic mass is 35.5. The second-order valence-corrected chi connectivity index (χ2v) is 6.51. The van der Waals surface area contributed by atoms with E-state index < -0.39 is 5.60 Å². The number of benzene rings is 1. The zero-order chi connectivity index (χ0) is 13.4. The van der Waals surface area contributed by atoms with Crippen LogP contribution >= 0.6 is 11.6 Å². The number of β-amino-alcohol motifs (C(OH)–C–C–N with tert-alkyl or cyclic N) is 1. The van der Waals surface area contributed by atoms with Crippen molar-refractivity contribution in [3.05, 3.63) is 29.3 Å². The van der Waals surface area contributed by atoms with Crippen LogP contribution in [0.15, 0.2) is 24.3 Å². The summed E-state index contributed by atoms with van der Waals surface area (Å²) in [5, 5.41) is 14.5. The zero-order valence-electron chi connectivity index (χ0n) is 11.2. The molecule has 0 saturated carbocycles. The van der Waals surface area contributed by atoms with Gasteiger partial charge in [0, 0.05) is 35.9 Å². The highest BCUT2D eigenvalue weighted by Gasteiger charge is 2.34. The summed E-state index contributed by atoms with van der Waals surface area (Å²) in [5.74, 6) is 0. The summed E-state index contributed by atoms with van der Waals surface area (Å²) in [6.45, 7) is 8.18. The molecular formula is C14H21ClN2O. The third-order valence-electron chi connectivity index (χ3n) is 3.24. The number of nitrogens with one attached hydrogen (secondary N) is 1. The Hall–Kier alpha value is -0.770. The van der Waals surface area contributed by atoms with Crippen molar-refractivity contribution >= 4 is 17.3 Å². The standard InChI is InChI=1S/C14H21ClN2O/c1-13(2)9-17(10-14(3,18)8-16-13)12-6-4-5-11(15)7-12/h4-7,16,18H,8-10H2,1-3H3. The molecular weight excluding hydrogens is 248 g/mol. The molecule has 0 bridgehead atoms. The normalized spacial score (nSPS) is 27.9. The van der Waals surface area contributed by atoms with Crippen LogP contribution in [0.3, 0.4) is 0 Å². The maximum Gasteiger partial charge on any atom is 0.0917 e. The van der Waals surface area contributed by atoms with Crippen molar-refractivity contribution in [1.29, 1.82) is 0 Å². The lowest BCUT2D eigenvalue weighted by Gasteiger charge is -2.32. The molecule has 0 spiro atoms. The Labute approximate surface area is 114 Å². The highest BCUT2D eigenvalue weighted by Crippen LogP contribution is 2.25. The summed E-state index contributed by atoms with van der Waals surface area (Å²) in [7, 11) is 0. The predicted molar refractivity (Wildman–Crippen MR) is 76.4 cm³/mol. The molecule has 1 fully saturated rings. The fraction of sp³-hybridized carbons (Fsp3) is 0.571. The second kappa shape index (κ2) is 4.72. The van der Waals surface area contributed by atoms with E-state index in [-0.39, 0.29) is 5.54 Å². The first kappa shape index (κ1) is 13.7. The lowest BCUT2D eigenvalue weighted by atomic mass is 10.1. The van der Waals surface area contributed by atoms with Gasteiger partial charge < -0.3 is 15.3 Å². The van der Waals surface area contributed by atoms with E-state index >= 15 is 0 Å². The van der Waals surface area contributed by atoms with Gasteiger partial charge in [-0.3, -0.25) is 0 Å². The maximum atomic E-state index is 10.4. The molecule has 0 aromatic heterocycles. The molecule has 3 nitrogen and oxygen atoms in total. The number of nitrogens with zero attached hydrogens (tertiary/aromatic N) is 1. The Bertz CT molecular complexity index is 414. The number of hydrogen-bond donors (Lipinski definition) is 2. The molecule has 0 amide bonds. The average Bonchev–Trinajstić information content (AvgIpc) is 2.36. The van der Waals surface area contributed by atoms with Crippen molar-refractivity contribution in [2.24, 2.45) is 0 Å². The summed E-state index contributed by atoms with van der Waals surface area (Å²) in [6, 6.07) is 7.78. The Morgan fingerprint density at radius 2 is 2.00 bits per heavy atom. The molecule has 4 heteroatoms. The van der Waals surface area contributed by atoms with Gasteiger partial charge in [0.15, 0.2) is 0 Å². The van der Waals surface area contributed by atoms with Gasteiger partial charge in [0.05, 0.1) is 5.60 Å². The van der Waals surface area contributed by atoms with E-state index in [1.165, 1.54) is 0 Å². The maximum absolute atomic E-state index is 10.4. The van der Waals surface area contributed by atoms with E-state index in [4.69, 9.17) is 11.6 Å². The number of aliphatic hydroxyl groups is 1. The lowest BCUT2D eigenvalue weighted by Crippen LogP contribution is -2.47. The van der Waals surface area contributed by atoms with Crippen LogP contribution in [0.25, 0.3) is 0 Å². The topological polar surface area (TPSA) is 35.5 Å². The smallest absolute Gasteiger partial charge is 0.0917 e. The molecule has 1 aromatic carbocycles. The molecule has 100 valence electrons. The lowest BCUT2D eigenvalue weighted by molar-refractivity contribution is 0.0696. The molecule has 0 aliphatic carbocycles. The van der Waals surface area contributed by atoms with Crippen LogP contribution in [0.5, 0.6) is 0 Å². The Kier molecular flexibility index (Phi) is 3.58. The second-order valence-electron chi connectivity index (χ2n) is 6.07. The van der Waals surface area contributed by atoms with E-state index in [1.807, 2.05) is 31.2 Å². The van der Waals surface area contributed by atoms with Gasteiger partial charge >= 0.3 is 0 Å². The molecule has 2 rings (SSSR count). The molecule has 1 aromatic rings. The number of rotatable bonds is 1. The average molecular weight is 269 g/mol. The zero-order valence-corrected chi connectivity index (χ0v) is 12.0. The largest absolute Gasteiger partial charge is 0.387 e. The first-order chi connectivity index (χ1) is 8.27. The van der Waals surface area contributed by atoms with Crippen LogP contribution in [-0.2, 0) is 0 Å². The summed E-state index contributed by atoms with van der Waals surface area (Å²) >= 11 is 6.04. The van der Waals surface area contributed by atoms with Gasteiger partial charge in [-0.2, -0.15) is 0 Å².